The molecule has 0 atom stereocenters. The van der Waals surface area contributed by atoms with Gasteiger partial charge in [-0.3, -0.25) is 4.98 Å². The van der Waals surface area contributed by atoms with Crippen molar-refractivity contribution < 1.29 is 0 Å². The summed E-state index contributed by atoms with van der Waals surface area (Å²) in [6.07, 6.45) is 9.88. The lowest BCUT2D eigenvalue weighted by Crippen LogP contribution is -1.97. The van der Waals surface area contributed by atoms with Crippen LogP contribution < -0.4 is 0 Å². The highest BCUT2D eigenvalue weighted by Crippen LogP contribution is 2.35. The molecule has 8 rings (SSSR count). The lowest BCUT2D eigenvalue weighted by molar-refractivity contribution is 1.10. The maximum atomic E-state index is 4.71. The van der Waals surface area contributed by atoms with E-state index in [1.807, 2.05) is 24.5 Å². The van der Waals surface area contributed by atoms with E-state index in [1.165, 1.54) is 38.3 Å². The molecule has 3 nitrogen and oxygen atoms in total. The van der Waals surface area contributed by atoms with Gasteiger partial charge in [-0.1, -0.05) is 97.6 Å². The SMILES string of the molecule is C=C/C=C\c1c(C)c2ccccc2n1-c1cccc(-c2cncc(-c3cccc(-n4c5ccccc5c5ccccc54)c3)c2)c1. The minimum absolute atomic E-state index is 1.08. The maximum Gasteiger partial charge on any atom is 0.0541 e. The molecule has 0 spiro atoms. The van der Waals surface area contributed by atoms with Gasteiger partial charge in [-0.05, 0) is 78.2 Å². The van der Waals surface area contributed by atoms with Gasteiger partial charge in [-0.15, -0.1) is 0 Å². The van der Waals surface area contributed by atoms with Gasteiger partial charge >= 0.3 is 0 Å². The highest BCUT2D eigenvalue weighted by molar-refractivity contribution is 6.09. The molecule has 0 saturated carbocycles. The second-order valence-corrected chi connectivity index (χ2v) is 11.4. The molecule has 3 aromatic heterocycles. The van der Waals surface area contributed by atoms with Gasteiger partial charge in [0.15, 0.2) is 0 Å². The summed E-state index contributed by atoms with van der Waals surface area (Å²) in [6.45, 7) is 6.08. The van der Waals surface area contributed by atoms with Crippen LogP contribution in [0.3, 0.4) is 0 Å². The third-order valence-electron chi connectivity index (χ3n) is 8.76. The summed E-state index contributed by atoms with van der Waals surface area (Å²) in [4.78, 5) is 4.71. The van der Waals surface area contributed by atoms with Crippen molar-refractivity contribution in [2.45, 2.75) is 6.92 Å². The van der Waals surface area contributed by atoms with Crippen molar-refractivity contribution in [1.29, 1.82) is 0 Å². The molecule has 5 aromatic carbocycles. The van der Waals surface area contributed by atoms with E-state index in [0.717, 1.165) is 39.3 Å². The molecule has 8 aromatic rings. The van der Waals surface area contributed by atoms with Gasteiger partial charge in [-0.2, -0.15) is 0 Å². The van der Waals surface area contributed by atoms with E-state index >= 15 is 0 Å². The van der Waals surface area contributed by atoms with E-state index in [4.69, 9.17) is 4.98 Å². The normalized spacial score (nSPS) is 11.7. The van der Waals surface area contributed by atoms with Gasteiger partial charge in [-0.25, -0.2) is 0 Å². The Kier molecular flexibility index (Phi) is 6.50. The summed E-state index contributed by atoms with van der Waals surface area (Å²) >= 11 is 0. The molecule has 0 bridgehead atoms. The van der Waals surface area contributed by atoms with Crippen molar-refractivity contribution in [3.05, 3.63) is 170 Å². The Labute approximate surface area is 262 Å². The highest BCUT2D eigenvalue weighted by Gasteiger charge is 2.15. The molecule has 3 heteroatoms. The van der Waals surface area contributed by atoms with Crippen molar-refractivity contribution in [2.75, 3.05) is 0 Å². The number of rotatable bonds is 6. The van der Waals surface area contributed by atoms with Crippen molar-refractivity contribution in [3.63, 3.8) is 0 Å². The summed E-state index contributed by atoms with van der Waals surface area (Å²) < 4.78 is 4.69. The number of hydrogen-bond donors (Lipinski definition) is 0. The van der Waals surface area contributed by atoms with Crippen LogP contribution in [0.5, 0.6) is 0 Å². The first kappa shape index (κ1) is 26.7. The number of aromatic nitrogens is 3. The van der Waals surface area contributed by atoms with Gasteiger partial charge in [0.25, 0.3) is 0 Å². The molecule has 0 aliphatic heterocycles. The summed E-state index contributed by atoms with van der Waals surface area (Å²) in [5.41, 5.74) is 12.6. The number of para-hydroxylation sites is 3. The average molecular weight is 578 g/mol. The van der Waals surface area contributed by atoms with Crippen LogP contribution in [0, 0.1) is 6.92 Å². The van der Waals surface area contributed by atoms with Crippen molar-refractivity contribution in [3.8, 4) is 33.6 Å². The fraction of sp³-hybridized carbons (Fsp3) is 0.0238. The zero-order chi connectivity index (χ0) is 30.3. The van der Waals surface area contributed by atoms with E-state index < -0.39 is 0 Å². The number of hydrogen-bond acceptors (Lipinski definition) is 1. The second kappa shape index (κ2) is 11.0. The summed E-state index contributed by atoms with van der Waals surface area (Å²) in [6, 6.07) is 45.6. The molecule has 0 aliphatic rings. The summed E-state index contributed by atoms with van der Waals surface area (Å²) in [7, 11) is 0. The van der Waals surface area contributed by atoms with E-state index in [2.05, 4.69) is 156 Å². The van der Waals surface area contributed by atoms with E-state index in [-0.39, 0.29) is 0 Å². The van der Waals surface area contributed by atoms with E-state index in [0.29, 0.717) is 0 Å². The molecule has 0 unspecified atom stereocenters. The lowest BCUT2D eigenvalue weighted by atomic mass is 10.0. The largest absolute Gasteiger partial charge is 0.310 e. The number of allylic oxidation sites excluding steroid dienone is 2. The predicted molar refractivity (Wildman–Crippen MR) is 190 cm³/mol. The molecule has 0 radical (unpaired) electrons. The van der Waals surface area contributed by atoms with E-state index in [1.54, 1.807) is 0 Å². The molecule has 0 N–H and O–H groups in total. The van der Waals surface area contributed by atoms with Gasteiger partial charge in [0.1, 0.15) is 0 Å². The Morgan fingerprint density at radius 1 is 0.533 bits per heavy atom. The first-order valence-electron chi connectivity index (χ1n) is 15.3. The minimum Gasteiger partial charge on any atom is -0.310 e. The zero-order valence-corrected chi connectivity index (χ0v) is 25.1. The van der Waals surface area contributed by atoms with Crippen LogP contribution in [-0.2, 0) is 0 Å². The van der Waals surface area contributed by atoms with Crippen LogP contribution in [0.1, 0.15) is 11.3 Å². The monoisotopic (exact) mass is 577 g/mol. The third-order valence-corrected chi connectivity index (χ3v) is 8.76. The maximum absolute atomic E-state index is 4.71. The highest BCUT2D eigenvalue weighted by atomic mass is 15.0. The molecule has 0 aliphatic carbocycles. The Morgan fingerprint density at radius 3 is 1.62 bits per heavy atom. The van der Waals surface area contributed by atoms with Crippen molar-refractivity contribution in [2.24, 2.45) is 0 Å². The smallest absolute Gasteiger partial charge is 0.0541 e. The van der Waals surface area contributed by atoms with Gasteiger partial charge in [0.2, 0.25) is 0 Å². The molecular weight excluding hydrogens is 546 g/mol. The number of aryl methyl sites for hydroxylation is 1. The van der Waals surface area contributed by atoms with Crippen LogP contribution in [-0.4, -0.2) is 14.1 Å². The number of pyridine rings is 1. The third kappa shape index (κ3) is 4.49. The quantitative estimate of drug-likeness (QED) is 0.180. The van der Waals surface area contributed by atoms with Crippen molar-refractivity contribution >= 4 is 38.8 Å². The Balaban J connectivity index is 1.22. The lowest BCUT2D eigenvalue weighted by Gasteiger charge is -2.13. The average Bonchev–Trinajstić information content (AvgIpc) is 3.59. The molecule has 3 heterocycles. The molecule has 45 heavy (non-hydrogen) atoms. The van der Waals surface area contributed by atoms with Crippen molar-refractivity contribution in [1.82, 2.24) is 14.1 Å². The van der Waals surface area contributed by atoms with Gasteiger partial charge in [0, 0.05) is 56.7 Å². The van der Waals surface area contributed by atoms with Crippen LogP contribution in [0.15, 0.2) is 159 Å². The molecule has 0 fully saturated rings. The molecule has 0 saturated heterocycles. The summed E-state index contributed by atoms with van der Waals surface area (Å²) in [5.74, 6) is 0. The summed E-state index contributed by atoms with van der Waals surface area (Å²) in [5, 5.41) is 3.77. The minimum atomic E-state index is 1.08. The number of fused-ring (bicyclic) bond motifs is 4. The topological polar surface area (TPSA) is 22.8 Å². The second-order valence-electron chi connectivity index (χ2n) is 11.4. The van der Waals surface area contributed by atoms with Crippen LogP contribution >= 0.6 is 0 Å². The molecule has 214 valence electrons. The number of benzene rings is 5. The predicted octanol–water partition coefficient (Wildman–Crippen LogP) is 11.0. The Bertz CT molecular complexity index is 2360. The zero-order valence-electron chi connectivity index (χ0n) is 25.1. The first-order valence-corrected chi connectivity index (χ1v) is 15.3. The molecular formula is C42H31N3. The van der Waals surface area contributed by atoms with Crippen LogP contribution in [0.4, 0.5) is 0 Å². The Morgan fingerprint density at radius 2 is 1.04 bits per heavy atom. The molecule has 0 amide bonds. The van der Waals surface area contributed by atoms with Gasteiger partial charge < -0.3 is 9.13 Å². The van der Waals surface area contributed by atoms with Crippen LogP contribution in [0.2, 0.25) is 0 Å². The Hall–Kier alpha value is -5.93. The fourth-order valence-corrected chi connectivity index (χ4v) is 6.66. The number of nitrogens with zero attached hydrogens (tertiary/aromatic N) is 3. The van der Waals surface area contributed by atoms with Gasteiger partial charge in [0.05, 0.1) is 16.6 Å². The standard InChI is InChI=1S/C42H31N3/c1-3-4-20-39-29(2)36-17-5-8-21-40(36)44(39)34-15-11-13-30(25-34)32-24-33(28-43-27-32)31-14-12-16-35(26-31)45-41-22-9-6-18-37(41)38-19-7-10-23-42(38)45/h3-28H,1H2,2H3/b20-4-. The van der Waals surface area contributed by atoms with Crippen LogP contribution in [0.25, 0.3) is 72.4 Å². The van der Waals surface area contributed by atoms with E-state index in [9.17, 15) is 0 Å². The fourth-order valence-electron chi connectivity index (χ4n) is 6.66. The first-order chi connectivity index (χ1) is 22.2.